The Balaban J connectivity index is 1.35. The van der Waals surface area contributed by atoms with Crippen molar-refractivity contribution < 1.29 is 13.9 Å². The summed E-state index contributed by atoms with van der Waals surface area (Å²) in [7, 11) is 0. The topological polar surface area (TPSA) is 26.3 Å². The minimum atomic E-state index is -0.510. The monoisotopic (exact) mass is 436 g/mol. The number of carbonyl (C=O) groups is 1. The summed E-state index contributed by atoms with van der Waals surface area (Å²) in [6, 6.07) is 12.2. The number of hydrogen-bond donors (Lipinski definition) is 0. The molecule has 2 aliphatic rings. The third-order valence-corrected chi connectivity index (χ3v) is 7.85. The summed E-state index contributed by atoms with van der Waals surface area (Å²) in [6.45, 7) is 4.25. The maximum Gasteiger partial charge on any atom is 0.343 e. The van der Waals surface area contributed by atoms with Crippen LogP contribution in [0, 0.1) is 30.5 Å². The summed E-state index contributed by atoms with van der Waals surface area (Å²) in [5.41, 5.74) is 2.15. The van der Waals surface area contributed by atoms with Crippen LogP contribution in [0.25, 0.3) is 0 Å². The van der Waals surface area contributed by atoms with E-state index >= 15 is 4.39 Å². The maximum absolute atomic E-state index is 15.0. The van der Waals surface area contributed by atoms with E-state index in [1.165, 1.54) is 57.4 Å². The number of aryl methyl sites for hydroxylation is 1. The molecular weight excluding hydrogens is 399 g/mol. The van der Waals surface area contributed by atoms with E-state index in [9.17, 15) is 4.79 Å². The predicted molar refractivity (Wildman–Crippen MR) is 128 cm³/mol. The van der Waals surface area contributed by atoms with Gasteiger partial charge < -0.3 is 4.74 Å². The molecule has 2 saturated carbocycles. The van der Waals surface area contributed by atoms with Crippen LogP contribution in [0.4, 0.5) is 4.39 Å². The van der Waals surface area contributed by atoms with Crippen LogP contribution in [0.3, 0.4) is 0 Å². The van der Waals surface area contributed by atoms with Crippen LogP contribution in [-0.4, -0.2) is 5.97 Å². The summed E-state index contributed by atoms with van der Waals surface area (Å²) in [5.74, 6) is 2.46. The molecular formula is C29H37FO2. The Morgan fingerprint density at radius 2 is 1.72 bits per heavy atom. The number of unbranched alkanes of at least 4 members (excludes halogenated alkanes) is 2. The van der Waals surface area contributed by atoms with Gasteiger partial charge >= 0.3 is 5.97 Å². The third-order valence-electron chi connectivity index (χ3n) is 7.85. The molecule has 0 bridgehead atoms. The van der Waals surface area contributed by atoms with Crippen molar-refractivity contribution in [1.29, 1.82) is 0 Å². The van der Waals surface area contributed by atoms with Gasteiger partial charge in [-0.15, -0.1) is 0 Å². The van der Waals surface area contributed by atoms with Crippen LogP contribution in [0.5, 0.6) is 5.75 Å². The zero-order valence-corrected chi connectivity index (χ0v) is 19.6. The highest BCUT2D eigenvalue weighted by atomic mass is 19.1. The molecule has 2 aromatic carbocycles. The first-order valence-electron chi connectivity index (χ1n) is 12.6. The molecule has 172 valence electrons. The van der Waals surface area contributed by atoms with Gasteiger partial charge in [-0.05, 0) is 92.5 Å². The van der Waals surface area contributed by atoms with Gasteiger partial charge in [0, 0.05) is 0 Å². The Labute approximate surface area is 192 Å². The lowest BCUT2D eigenvalue weighted by Crippen LogP contribution is -2.30. The van der Waals surface area contributed by atoms with Gasteiger partial charge in [0.25, 0.3) is 0 Å². The van der Waals surface area contributed by atoms with Gasteiger partial charge in [-0.2, -0.15) is 0 Å². The minimum absolute atomic E-state index is 0.264. The molecule has 0 amide bonds. The molecule has 0 spiro atoms. The first-order valence-corrected chi connectivity index (χ1v) is 12.6. The molecule has 0 heterocycles. The van der Waals surface area contributed by atoms with Crippen molar-refractivity contribution in [3.05, 3.63) is 65.0 Å². The van der Waals surface area contributed by atoms with Crippen molar-refractivity contribution >= 4 is 5.97 Å². The molecule has 2 aliphatic carbocycles. The lowest BCUT2D eigenvalue weighted by Gasteiger charge is -2.42. The molecule has 0 aromatic heterocycles. The van der Waals surface area contributed by atoms with Crippen LogP contribution in [0.2, 0.25) is 0 Å². The van der Waals surface area contributed by atoms with Crippen LogP contribution < -0.4 is 4.74 Å². The summed E-state index contributed by atoms with van der Waals surface area (Å²) < 4.78 is 20.4. The van der Waals surface area contributed by atoms with Crippen LogP contribution in [0.15, 0.2) is 42.5 Å². The van der Waals surface area contributed by atoms with E-state index < -0.39 is 5.97 Å². The van der Waals surface area contributed by atoms with Crippen LogP contribution in [0.1, 0.15) is 98.5 Å². The van der Waals surface area contributed by atoms with Crippen LogP contribution >= 0.6 is 0 Å². The Kier molecular flexibility index (Phi) is 7.65. The summed E-state index contributed by atoms with van der Waals surface area (Å²) in [5, 5.41) is 0. The molecule has 0 N–H and O–H groups in total. The lowest BCUT2D eigenvalue weighted by molar-refractivity contribution is 0.0734. The maximum atomic E-state index is 15.0. The average molecular weight is 437 g/mol. The molecule has 1 unspecified atom stereocenters. The number of hydrogen-bond acceptors (Lipinski definition) is 2. The summed E-state index contributed by atoms with van der Waals surface area (Å²) in [6.07, 6.45) is 12.9. The number of carbonyl (C=O) groups excluding carboxylic acids is 1. The zero-order valence-electron chi connectivity index (χ0n) is 19.6. The molecule has 4 rings (SSSR count). The third kappa shape index (κ3) is 5.60. The molecule has 3 heteroatoms. The van der Waals surface area contributed by atoms with E-state index in [0.29, 0.717) is 5.75 Å². The van der Waals surface area contributed by atoms with Gasteiger partial charge in [0.15, 0.2) is 0 Å². The van der Waals surface area contributed by atoms with Gasteiger partial charge in [0.2, 0.25) is 0 Å². The van der Waals surface area contributed by atoms with Crippen molar-refractivity contribution in [3.63, 3.8) is 0 Å². The Morgan fingerprint density at radius 1 is 0.969 bits per heavy atom. The highest BCUT2D eigenvalue weighted by Gasteiger charge is 2.36. The van der Waals surface area contributed by atoms with Gasteiger partial charge in [0.1, 0.15) is 11.6 Å². The Hall–Kier alpha value is -2.16. The molecule has 0 saturated heterocycles. The molecule has 2 nitrogen and oxygen atoms in total. The summed E-state index contributed by atoms with van der Waals surface area (Å²) in [4.78, 5) is 12.5. The second kappa shape index (κ2) is 10.6. The number of halogens is 1. The SMILES string of the molecule is CCCCC[C@H]1CC[C@@H]2CC(c3ccc(C(=O)Oc4ccc(C)cc4)cc3F)CC[C@H]2C1. The first-order chi connectivity index (χ1) is 15.5. The fourth-order valence-corrected chi connectivity index (χ4v) is 5.97. The van der Waals surface area contributed by atoms with E-state index in [2.05, 4.69) is 6.92 Å². The number of fused-ring (bicyclic) bond motifs is 1. The molecule has 4 atom stereocenters. The average Bonchev–Trinajstić information content (AvgIpc) is 2.80. The van der Waals surface area contributed by atoms with Gasteiger partial charge in [-0.25, -0.2) is 9.18 Å². The van der Waals surface area contributed by atoms with Crippen molar-refractivity contribution in [2.75, 3.05) is 0 Å². The molecule has 2 fully saturated rings. The molecule has 32 heavy (non-hydrogen) atoms. The van der Waals surface area contributed by atoms with E-state index in [1.807, 2.05) is 25.1 Å². The van der Waals surface area contributed by atoms with Crippen molar-refractivity contribution in [1.82, 2.24) is 0 Å². The second-order valence-corrected chi connectivity index (χ2v) is 10.1. The molecule has 2 aromatic rings. The standard InChI is InChI=1S/C29H37FO2/c1-3-4-5-6-21-9-10-23-18-24(12-11-22(23)17-21)27-16-13-25(19-28(27)30)29(31)32-26-14-7-20(2)8-15-26/h7-8,13-16,19,21-24H,3-6,9-12,17-18H2,1-2H3/t21-,22-,23+,24?/m0/s1. The van der Waals surface area contributed by atoms with Crippen LogP contribution in [-0.2, 0) is 0 Å². The summed E-state index contributed by atoms with van der Waals surface area (Å²) >= 11 is 0. The van der Waals surface area contributed by atoms with E-state index in [0.717, 1.165) is 41.7 Å². The number of rotatable bonds is 7. The van der Waals surface area contributed by atoms with E-state index in [-0.39, 0.29) is 17.3 Å². The Morgan fingerprint density at radius 3 is 2.47 bits per heavy atom. The van der Waals surface area contributed by atoms with Crippen molar-refractivity contribution in [3.8, 4) is 5.75 Å². The number of ether oxygens (including phenoxy) is 1. The van der Waals surface area contributed by atoms with Crippen molar-refractivity contribution in [2.45, 2.75) is 84.0 Å². The Bertz CT molecular complexity index is 904. The smallest absolute Gasteiger partial charge is 0.343 e. The quantitative estimate of drug-likeness (QED) is 0.248. The van der Waals surface area contributed by atoms with Gasteiger partial charge in [0.05, 0.1) is 5.56 Å². The molecule has 0 aliphatic heterocycles. The zero-order chi connectivity index (χ0) is 22.5. The number of benzene rings is 2. The number of esters is 1. The van der Waals surface area contributed by atoms with E-state index in [1.54, 1.807) is 18.2 Å². The van der Waals surface area contributed by atoms with Crippen molar-refractivity contribution in [2.24, 2.45) is 17.8 Å². The normalized spacial score (nSPS) is 25.2. The van der Waals surface area contributed by atoms with E-state index in [4.69, 9.17) is 4.74 Å². The highest BCUT2D eigenvalue weighted by molar-refractivity contribution is 5.91. The predicted octanol–water partition coefficient (Wildman–Crippen LogP) is 8.23. The molecule has 0 radical (unpaired) electrons. The highest BCUT2D eigenvalue weighted by Crippen LogP contribution is 2.48. The fourth-order valence-electron chi connectivity index (χ4n) is 5.97. The second-order valence-electron chi connectivity index (χ2n) is 10.1. The minimum Gasteiger partial charge on any atom is -0.423 e. The lowest BCUT2D eigenvalue weighted by atomic mass is 9.63. The fraction of sp³-hybridized carbons (Fsp3) is 0.552. The first kappa shape index (κ1) is 23.0. The van der Waals surface area contributed by atoms with Gasteiger partial charge in [-0.3, -0.25) is 0 Å². The largest absolute Gasteiger partial charge is 0.423 e. The van der Waals surface area contributed by atoms with Gasteiger partial charge in [-0.1, -0.05) is 62.8 Å².